The van der Waals surface area contributed by atoms with E-state index >= 15 is 0 Å². The molecule has 0 radical (unpaired) electrons. The van der Waals surface area contributed by atoms with Crippen LogP contribution >= 0.6 is 0 Å². The van der Waals surface area contributed by atoms with Crippen molar-refractivity contribution in [1.29, 1.82) is 0 Å². The van der Waals surface area contributed by atoms with Crippen LogP contribution in [0.4, 0.5) is 4.79 Å². The molecule has 2 aromatic carbocycles. The Morgan fingerprint density at radius 2 is 1.52 bits per heavy atom. The van der Waals surface area contributed by atoms with Crippen molar-refractivity contribution >= 4 is 12.0 Å². The largest absolute Gasteiger partial charge is 0.478 e. The highest BCUT2D eigenvalue weighted by atomic mass is 16.4. The number of amides is 2. The van der Waals surface area contributed by atoms with Crippen LogP contribution in [0.1, 0.15) is 46.8 Å². The standard InChI is InChI=1S/C23H29N3O3/c1-17-3-2-12-26(15-17)16-20-6-4-18(5-7-20)13-24-23(29)25-14-19-8-10-21(11-9-19)22(27)28/h4-11,17H,2-3,12-16H2,1H3,(H,27,28)(H2,24,25,29). The molecular weight excluding hydrogens is 366 g/mol. The summed E-state index contributed by atoms with van der Waals surface area (Å²) in [5.74, 6) is -0.181. The Balaban J connectivity index is 1.40. The van der Waals surface area contributed by atoms with Gasteiger partial charge in [-0.25, -0.2) is 9.59 Å². The first-order valence-corrected chi connectivity index (χ1v) is 10.1. The minimum Gasteiger partial charge on any atom is -0.478 e. The first-order chi connectivity index (χ1) is 14.0. The third-order valence-electron chi connectivity index (χ3n) is 5.28. The maximum atomic E-state index is 12.0. The molecule has 3 N–H and O–H groups in total. The van der Waals surface area contributed by atoms with E-state index in [1.165, 1.54) is 43.6 Å². The van der Waals surface area contributed by atoms with Gasteiger partial charge in [0.15, 0.2) is 0 Å². The van der Waals surface area contributed by atoms with Crippen molar-refractivity contribution in [3.8, 4) is 0 Å². The predicted octanol–water partition coefficient (Wildman–Crippen LogP) is 3.62. The van der Waals surface area contributed by atoms with E-state index in [0.29, 0.717) is 13.1 Å². The highest BCUT2D eigenvalue weighted by molar-refractivity contribution is 5.87. The zero-order valence-electron chi connectivity index (χ0n) is 16.9. The number of rotatable bonds is 7. The van der Waals surface area contributed by atoms with Gasteiger partial charge in [0.2, 0.25) is 0 Å². The zero-order valence-corrected chi connectivity index (χ0v) is 16.9. The van der Waals surface area contributed by atoms with E-state index in [1.807, 2.05) is 0 Å². The molecule has 1 fully saturated rings. The fourth-order valence-electron chi connectivity index (χ4n) is 3.64. The van der Waals surface area contributed by atoms with Gasteiger partial charge in [-0.1, -0.05) is 43.3 Å². The fraction of sp³-hybridized carbons (Fsp3) is 0.391. The molecule has 1 heterocycles. The molecule has 0 bridgehead atoms. The number of urea groups is 1. The maximum absolute atomic E-state index is 12.0. The molecule has 29 heavy (non-hydrogen) atoms. The number of carboxylic acids is 1. The van der Waals surface area contributed by atoms with E-state index in [4.69, 9.17) is 5.11 Å². The number of aromatic carboxylic acids is 1. The summed E-state index contributed by atoms with van der Waals surface area (Å²) in [7, 11) is 0. The van der Waals surface area contributed by atoms with Crippen LogP contribution in [0.5, 0.6) is 0 Å². The predicted molar refractivity (Wildman–Crippen MR) is 113 cm³/mol. The first kappa shape index (κ1) is 20.9. The monoisotopic (exact) mass is 395 g/mol. The van der Waals surface area contributed by atoms with Crippen LogP contribution in [0.25, 0.3) is 0 Å². The second-order valence-electron chi connectivity index (χ2n) is 7.84. The molecule has 154 valence electrons. The molecule has 0 aliphatic carbocycles. The van der Waals surface area contributed by atoms with Crippen LogP contribution < -0.4 is 10.6 Å². The van der Waals surface area contributed by atoms with Crippen molar-refractivity contribution in [3.63, 3.8) is 0 Å². The van der Waals surface area contributed by atoms with Gasteiger partial charge in [0.05, 0.1) is 5.56 Å². The van der Waals surface area contributed by atoms with Gasteiger partial charge in [-0.2, -0.15) is 0 Å². The number of carboxylic acid groups (broad SMARTS) is 1. The third kappa shape index (κ3) is 6.61. The minimum absolute atomic E-state index is 0.233. The van der Waals surface area contributed by atoms with E-state index in [9.17, 15) is 9.59 Å². The molecule has 1 aliphatic rings. The lowest BCUT2D eigenvalue weighted by molar-refractivity contribution is 0.0697. The van der Waals surface area contributed by atoms with Gasteiger partial charge in [0.1, 0.15) is 0 Å². The Bertz CT molecular complexity index is 818. The Hall–Kier alpha value is -2.86. The number of piperidine rings is 1. The van der Waals surface area contributed by atoms with Crippen LogP contribution in [0.15, 0.2) is 48.5 Å². The Kier molecular flexibility index (Phi) is 7.25. The molecule has 3 rings (SSSR count). The van der Waals surface area contributed by atoms with E-state index in [2.05, 4.69) is 46.7 Å². The second kappa shape index (κ2) is 10.1. The van der Waals surface area contributed by atoms with Crippen molar-refractivity contribution in [2.24, 2.45) is 5.92 Å². The van der Waals surface area contributed by atoms with Crippen LogP contribution in [0.3, 0.4) is 0 Å². The lowest BCUT2D eigenvalue weighted by atomic mass is 9.99. The lowest BCUT2D eigenvalue weighted by Gasteiger charge is -2.30. The molecule has 1 aliphatic heterocycles. The van der Waals surface area contributed by atoms with Gasteiger partial charge in [0, 0.05) is 26.2 Å². The van der Waals surface area contributed by atoms with E-state index < -0.39 is 5.97 Å². The number of carbonyl (C=O) groups excluding carboxylic acids is 1. The first-order valence-electron chi connectivity index (χ1n) is 10.1. The summed E-state index contributed by atoms with van der Waals surface area (Å²) in [4.78, 5) is 25.4. The van der Waals surface area contributed by atoms with Crippen molar-refractivity contribution < 1.29 is 14.7 Å². The Labute approximate surface area is 171 Å². The third-order valence-corrected chi connectivity index (χ3v) is 5.28. The number of hydrogen-bond acceptors (Lipinski definition) is 3. The summed E-state index contributed by atoms with van der Waals surface area (Å²) < 4.78 is 0. The number of nitrogens with zero attached hydrogens (tertiary/aromatic N) is 1. The van der Waals surface area contributed by atoms with E-state index in [-0.39, 0.29) is 11.6 Å². The van der Waals surface area contributed by atoms with Crippen molar-refractivity contribution in [1.82, 2.24) is 15.5 Å². The summed E-state index contributed by atoms with van der Waals surface area (Å²) in [5.41, 5.74) is 3.44. The zero-order chi connectivity index (χ0) is 20.6. The van der Waals surface area contributed by atoms with Crippen LogP contribution in [0, 0.1) is 5.92 Å². The molecule has 6 heteroatoms. The SMILES string of the molecule is CC1CCCN(Cc2ccc(CNC(=O)NCc3ccc(C(=O)O)cc3)cc2)C1. The molecule has 0 saturated carbocycles. The van der Waals surface area contributed by atoms with Gasteiger partial charge < -0.3 is 15.7 Å². The second-order valence-corrected chi connectivity index (χ2v) is 7.84. The average molecular weight is 396 g/mol. The van der Waals surface area contributed by atoms with Gasteiger partial charge >= 0.3 is 12.0 Å². The summed E-state index contributed by atoms with van der Waals surface area (Å²) in [5, 5.41) is 14.5. The molecular formula is C23H29N3O3. The van der Waals surface area contributed by atoms with Gasteiger partial charge in [0.25, 0.3) is 0 Å². The van der Waals surface area contributed by atoms with Crippen LogP contribution in [0.2, 0.25) is 0 Å². The molecule has 2 amide bonds. The molecule has 0 aromatic heterocycles. The summed E-state index contributed by atoms with van der Waals surface area (Å²) in [6, 6.07) is 14.6. The van der Waals surface area contributed by atoms with E-state index in [1.54, 1.807) is 12.1 Å². The smallest absolute Gasteiger partial charge is 0.335 e. The molecule has 1 unspecified atom stereocenters. The number of nitrogens with one attached hydrogen (secondary N) is 2. The topological polar surface area (TPSA) is 81.7 Å². The Morgan fingerprint density at radius 1 is 0.966 bits per heavy atom. The van der Waals surface area contributed by atoms with Gasteiger partial charge in [-0.05, 0) is 54.1 Å². The summed E-state index contributed by atoms with van der Waals surface area (Å²) >= 11 is 0. The molecule has 1 atom stereocenters. The van der Waals surface area contributed by atoms with Gasteiger partial charge in [-0.3, -0.25) is 4.90 Å². The average Bonchev–Trinajstić information content (AvgIpc) is 2.72. The number of benzene rings is 2. The van der Waals surface area contributed by atoms with Crippen molar-refractivity contribution in [2.45, 2.75) is 39.4 Å². The van der Waals surface area contributed by atoms with Crippen molar-refractivity contribution in [3.05, 3.63) is 70.8 Å². The summed E-state index contributed by atoms with van der Waals surface area (Å²) in [6.07, 6.45) is 2.61. The Morgan fingerprint density at radius 3 is 2.07 bits per heavy atom. The van der Waals surface area contributed by atoms with Crippen LogP contribution in [-0.2, 0) is 19.6 Å². The quantitative estimate of drug-likeness (QED) is 0.669. The number of hydrogen-bond donors (Lipinski definition) is 3. The highest BCUT2D eigenvalue weighted by Crippen LogP contribution is 2.18. The highest BCUT2D eigenvalue weighted by Gasteiger charge is 2.16. The normalized spacial score (nSPS) is 16.9. The lowest BCUT2D eigenvalue weighted by Crippen LogP contribution is -2.34. The molecule has 2 aromatic rings. The number of likely N-dealkylation sites (tertiary alicyclic amines) is 1. The summed E-state index contributed by atoms with van der Waals surface area (Å²) in [6.45, 7) is 6.45. The maximum Gasteiger partial charge on any atom is 0.335 e. The fourth-order valence-corrected chi connectivity index (χ4v) is 3.64. The molecule has 6 nitrogen and oxygen atoms in total. The minimum atomic E-state index is -0.959. The molecule has 0 spiro atoms. The number of carbonyl (C=O) groups is 2. The van der Waals surface area contributed by atoms with Gasteiger partial charge in [-0.15, -0.1) is 0 Å². The van der Waals surface area contributed by atoms with Crippen molar-refractivity contribution in [2.75, 3.05) is 13.1 Å². The van der Waals surface area contributed by atoms with Crippen LogP contribution in [-0.4, -0.2) is 35.1 Å². The molecule has 1 saturated heterocycles. The van der Waals surface area contributed by atoms with E-state index in [0.717, 1.165) is 23.6 Å².